The van der Waals surface area contributed by atoms with Gasteiger partial charge in [0.15, 0.2) is 0 Å². The van der Waals surface area contributed by atoms with Crippen molar-refractivity contribution in [2.24, 2.45) is 0 Å². The van der Waals surface area contributed by atoms with Gasteiger partial charge in [-0.25, -0.2) is 19.9 Å². The third kappa shape index (κ3) is 3.80. The molecular weight excluding hydrogens is 292 g/mol. The monoisotopic (exact) mass is 312 g/mol. The topological polar surface area (TPSA) is 83.9 Å². The van der Waals surface area contributed by atoms with Crippen molar-refractivity contribution in [3.8, 4) is 0 Å². The number of carbonyl (C=O) groups is 1. The summed E-state index contributed by atoms with van der Waals surface area (Å²) in [6, 6.07) is 3.58. The number of piperidine rings is 1. The fourth-order valence-corrected chi connectivity index (χ4v) is 2.82. The molecule has 0 saturated carbocycles. The van der Waals surface area contributed by atoms with Gasteiger partial charge in [-0.15, -0.1) is 0 Å². The Bertz CT molecular complexity index is 670. The van der Waals surface area contributed by atoms with Gasteiger partial charge in [0, 0.05) is 37.2 Å². The van der Waals surface area contributed by atoms with Gasteiger partial charge in [0.2, 0.25) is 5.95 Å². The molecule has 1 saturated heterocycles. The van der Waals surface area contributed by atoms with Gasteiger partial charge in [-0.2, -0.15) is 0 Å². The Morgan fingerprint density at radius 1 is 1.26 bits per heavy atom. The molecule has 0 unspecified atom stereocenters. The van der Waals surface area contributed by atoms with Crippen molar-refractivity contribution in [1.29, 1.82) is 0 Å². The second kappa shape index (κ2) is 6.68. The van der Waals surface area contributed by atoms with Crippen LogP contribution in [-0.2, 0) is 0 Å². The molecule has 1 atom stereocenters. The molecule has 7 heteroatoms. The lowest BCUT2D eigenvalue weighted by atomic mass is 10.1. The molecule has 1 amide bonds. The van der Waals surface area contributed by atoms with Crippen LogP contribution in [0.1, 0.15) is 34.8 Å². The van der Waals surface area contributed by atoms with Crippen LogP contribution in [0, 0.1) is 13.8 Å². The van der Waals surface area contributed by atoms with E-state index in [2.05, 4.69) is 30.2 Å². The summed E-state index contributed by atoms with van der Waals surface area (Å²) >= 11 is 0. The lowest BCUT2D eigenvalue weighted by molar-refractivity contribution is 0.0927. The minimum Gasteiger partial charge on any atom is -0.346 e. The van der Waals surface area contributed by atoms with E-state index in [4.69, 9.17) is 0 Å². The van der Waals surface area contributed by atoms with Gasteiger partial charge < -0.3 is 10.2 Å². The Morgan fingerprint density at radius 2 is 2.04 bits per heavy atom. The summed E-state index contributed by atoms with van der Waals surface area (Å²) in [6.45, 7) is 5.26. The van der Waals surface area contributed by atoms with Crippen molar-refractivity contribution in [2.45, 2.75) is 32.7 Å². The maximum atomic E-state index is 12.4. The maximum absolute atomic E-state index is 12.4. The molecule has 0 aromatic carbocycles. The number of amides is 1. The standard InChI is InChI=1S/C16H20N6O/c1-11-9-14(20-12(2)19-11)15(23)21-13-5-3-8-22(10-13)16-17-6-4-7-18-16/h4,6-7,9,13H,3,5,8,10H2,1-2H3,(H,21,23)/t13-/m1/s1. The molecule has 1 fully saturated rings. The summed E-state index contributed by atoms with van der Waals surface area (Å²) in [6.07, 6.45) is 5.40. The highest BCUT2D eigenvalue weighted by Crippen LogP contribution is 2.15. The number of nitrogens with zero attached hydrogens (tertiary/aromatic N) is 5. The van der Waals surface area contributed by atoms with Crippen LogP contribution in [0.25, 0.3) is 0 Å². The zero-order chi connectivity index (χ0) is 16.2. The van der Waals surface area contributed by atoms with Gasteiger partial charge in [-0.1, -0.05) is 0 Å². The smallest absolute Gasteiger partial charge is 0.270 e. The molecule has 0 spiro atoms. The van der Waals surface area contributed by atoms with Crippen LogP contribution >= 0.6 is 0 Å². The quantitative estimate of drug-likeness (QED) is 0.919. The van der Waals surface area contributed by atoms with E-state index in [0.717, 1.165) is 25.1 Å². The number of carbonyl (C=O) groups excluding carboxylic acids is 1. The highest BCUT2D eigenvalue weighted by molar-refractivity contribution is 5.92. The highest BCUT2D eigenvalue weighted by Gasteiger charge is 2.23. The van der Waals surface area contributed by atoms with E-state index in [9.17, 15) is 4.79 Å². The minimum absolute atomic E-state index is 0.0654. The van der Waals surface area contributed by atoms with E-state index in [-0.39, 0.29) is 11.9 Å². The molecule has 0 aliphatic carbocycles. The highest BCUT2D eigenvalue weighted by atomic mass is 16.1. The van der Waals surface area contributed by atoms with Crippen LogP contribution in [0.3, 0.4) is 0 Å². The van der Waals surface area contributed by atoms with Gasteiger partial charge in [0.1, 0.15) is 11.5 Å². The molecular formula is C16H20N6O. The molecule has 23 heavy (non-hydrogen) atoms. The summed E-state index contributed by atoms with van der Waals surface area (Å²) in [7, 11) is 0. The molecule has 2 aromatic rings. The molecule has 3 rings (SSSR count). The number of hydrogen-bond donors (Lipinski definition) is 1. The van der Waals surface area contributed by atoms with Crippen molar-refractivity contribution in [3.63, 3.8) is 0 Å². The van der Waals surface area contributed by atoms with Crippen molar-refractivity contribution in [1.82, 2.24) is 25.3 Å². The predicted octanol–water partition coefficient (Wildman–Crippen LogP) is 1.28. The summed E-state index contributed by atoms with van der Waals surface area (Å²) < 4.78 is 0. The normalized spacial score (nSPS) is 17.8. The van der Waals surface area contributed by atoms with Crippen LogP contribution in [0.2, 0.25) is 0 Å². The van der Waals surface area contributed by atoms with Crippen molar-refractivity contribution < 1.29 is 4.79 Å². The lowest BCUT2D eigenvalue weighted by Gasteiger charge is -2.33. The first-order chi connectivity index (χ1) is 11.1. The van der Waals surface area contributed by atoms with E-state index >= 15 is 0 Å². The fourth-order valence-electron chi connectivity index (χ4n) is 2.82. The predicted molar refractivity (Wildman–Crippen MR) is 86.2 cm³/mol. The second-order valence-electron chi connectivity index (χ2n) is 5.75. The number of aryl methyl sites for hydroxylation is 2. The van der Waals surface area contributed by atoms with Gasteiger partial charge >= 0.3 is 0 Å². The number of hydrogen-bond acceptors (Lipinski definition) is 6. The Kier molecular flexibility index (Phi) is 4.45. The summed E-state index contributed by atoms with van der Waals surface area (Å²) in [4.78, 5) is 31.5. The third-order valence-corrected chi connectivity index (χ3v) is 3.79. The van der Waals surface area contributed by atoms with Gasteiger partial charge in [0.25, 0.3) is 5.91 Å². The van der Waals surface area contributed by atoms with E-state index in [0.29, 0.717) is 24.0 Å². The van der Waals surface area contributed by atoms with E-state index in [1.165, 1.54) is 0 Å². The zero-order valence-electron chi connectivity index (χ0n) is 13.4. The number of rotatable bonds is 3. The molecule has 120 valence electrons. The van der Waals surface area contributed by atoms with Crippen molar-refractivity contribution >= 4 is 11.9 Å². The lowest BCUT2D eigenvalue weighted by Crippen LogP contribution is -2.48. The number of anilines is 1. The van der Waals surface area contributed by atoms with E-state index < -0.39 is 0 Å². The fraction of sp³-hybridized carbons (Fsp3) is 0.438. The molecule has 1 aliphatic rings. The summed E-state index contributed by atoms with van der Waals surface area (Å²) in [5.74, 6) is 1.16. The molecule has 7 nitrogen and oxygen atoms in total. The van der Waals surface area contributed by atoms with Crippen LogP contribution in [0.15, 0.2) is 24.5 Å². The maximum Gasteiger partial charge on any atom is 0.270 e. The molecule has 3 heterocycles. The molecule has 1 aliphatic heterocycles. The second-order valence-corrected chi connectivity index (χ2v) is 5.75. The minimum atomic E-state index is -0.153. The first-order valence-electron chi connectivity index (χ1n) is 7.77. The molecule has 0 radical (unpaired) electrons. The van der Waals surface area contributed by atoms with Gasteiger partial charge in [-0.05, 0) is 38.8 Å². The Hall–Kier alpha value is -2.57. The average molecular weight is 312 g/mol. The van der Waals surface area contributed by atoms with E-state index in [1.54, 1.807) is 31.5 Å². The van der Waals surface area contributed by atoms with Crippen molar-refractivity contribution in [2.75, 3.05) is 18.0 Å². The first kappa shape index (κ1) is 15.3. The Morgan fingerprint density at radius 3 is 2.78 bits per heavy atom. The van der Waals surface area contributed by atoms with Crippen LogP contribution in [0.4, 0.5) is 5.95 Å². The van der Waals surface area contributed by atoms with Crippen LogP contribution < -0.4 is 10.2 Å². The molecule has 2 aromatic heterocycles. The largest absolute Gasteiger partial charge is 0.346 e. The summed E-state index contributed by atoms with van der Waals surface area (Å²) in [5.41, 5.74) is 1.22. The van der Waals surface area contributed by atoms with Gasteiger partial charge in [0.05, 0.1) is 0 Å². The SMILES string of the molecule is Cc1cc(C(=O)N[C@@H]2CCCN(c3ncccn3)C2)nc(C)n1. The molecule has 0 bridgehead atoms. The Balaban J connectivity index is 1.66. The summed E-state index contributed by atoms with van der Waals surface area (Å²) in [5, 5.41) is 3.06. The first-order valence-corrected chi connectivity index (χ1v) is 7.77. The number of aromatic nitrogens is 4. The van der Waals surface area contributed by atoms with Crippen LogP contribution in [0.5, 0.6) is 0 Å². The third-order valence-electron chi connectivity index (χ3n) is 3.79. The number of nitrogens with one attached hydrogen (secondary N) is 1. The average Bonchev–Trinajstić information content (AvgIpc) is 2.55. The van der Waals surface area contributed by atoms with E-state index in [1.807, 2.05) is 6.92 Å². The zero-order valence-corrected chi connectivity index (χ0v) is 13.4. The Labute approximate surface area is 135 Å². The van der Waals surface area contributed by atoms with Crippen molar-refractivity contribution in [3.05, 3.63) is 41.7 Å². The van der Waals surface area contributed by atoms with Crippen LogP contribution in [-0.4, -0.2) is 45.0 Å². The van der Waals surface area contributed by atoms with Gasteiger partial charge in [-0.3, -0.25) is 4.79 Å². The molecule has 1 N–H and O–H groups in total.